The van der Waals surface area contributed by atoms with E-state index in [1.165, 1.54) is 25.3 Å². The van der Waals surface area contributed by atoms with E-state index in [4.69, 9.17) is 9.47 Å². The molecule has 2 aromatic carbocycles. The van der Waals surface area contributed by atoms with E-state index in [1.54, 1.807) is 30.3 Å². The second-order valence-electron chi connectivity index (χ2n) is 5.25. The number of carbonyl (C=O) groups is 2. The number of carbonyl (C=O) groups excluding carboxylic acids is 2. The molecule has 2 rings (SSSR count). The molecule has 0 unspecified atom stereocenters. The topological polar surface area (TPSA) is 88.7 Å². The lowest BCUT2D eigenvalue weighted by molar-refractivity contribution is -0.114. The molecule has 3 N–H and O–H groups in total. The van der Waals surface area contributed by atoms with Gasteiger partial charge in [0.25, 0.3) is 0 Å². The third kappa shape index (κ3) is 6.78. The SMILES string of the molecule is COCCOC(=O)Nc1cccc(NCC(=O)Nc2cccc(F)c2)c1. The Morgan fingerprint density at radius 2 is 1.65 bits per heavy atom. The van der Waals surface area contributed by atoms with Crippen LogP contribution in [0.2, 0.25) is 0 Å². The predicted molar refractivity (Wildman–Crippen MR) is 96.8 cm³/mol. The Kier molecular flexibility index (Phi) is 7.38. The first-order valence-electron chi connectivity index (χ1n) is 7.89. The summed E-state index contributed by atoms with van der Waals surface area (Å²) in [7, 11) is 1.51. The lowest BCUT2D eigenvalue weighted by atomic mass is 10.2. The second-order valence-corrected chi connectivity index (χ2v) is 5.25. The van der Waals surface area contributed by atoms with Crippen molar-refractivity contribution in [2.24, 2.45) is 0 Å². The number of anilines is 3. The zero-order valence-corrected chi connectivity index (χ0v) is 14.3. The molecule has 8 heteroatoms. The molecule has 0 saturated heterocycles. The highest BCUT2D eigenvalue weighted by Gasteiger charge is 2.06. The maximum Gasteiger partial charge on any atom is 0.411 e. The van der Waals surface area contributed by atoms with Crippen LogP contribution in [0.15, 0.2) is 48.5 Å². The van der Waals surface area contributed by atoms with Crippen LogP contribution in [0.4, 0.5) is 26.2 Å². The fourth-order valence-corrected chi connectivity index (χ4v) is 2.03. The van der Waals surface area contributed by atoms with Crippen LogP contribution in [0.5, 0.6) is 0 Å². The molecule has 0 saturated carbocycles. The van der Waals surface area contributed by atoms with E-state index < -0.39 is 11.9 Å². The van der Waals surface area contributed by atoms with Crippen molar-refractivity contribution in [3.05, 3.63) is 54.3 Å². The summed E-state index contributed by atoms with van der Waals surface area (Å²) in [6.45, 7) is 0.453. The van der Waals surface area contributed by atoms with Gasteiger partial charge in [0.1, 0.15) is 12.4 Å². The first kappa shape index (κ1) is 19.2. The quantitative estimate of drug-likeness (QED) is 0.629. The molecule has 0 aliphatic heterocycles. The molecule has 7 nitrogen and oxygen atoms in total. The van der Waals surface area contributed by atoms with E-state index >= 15 is 0 Å². The molecule has 0 fully saturated rings. The number of benzene rings is 2. The summed E-state index contributed by atoms with van der Waals surface area (Å²) in [5.41, 5.74) is 1.53. The van der Waals surface area contributed by atoms with Crippen LogP contribution in [-0.2, 0) is 14.3 Å². The Hall–Kier alpha value is -3.13. The fraction of sp³-hybridized carbons (Fsp3) is 0.222. The number of rotatable bonds is 8. The summed E-state index contributed by atoms with van der Waals surface area (Å²) in [6.07, 6.45) is -0.594. The summed E-state index contributed by atoms with van der Waals surface area (Å²) in [4.78, 5) is 23.5. The standard InChI is InChI=1S/C18H20FN3O4/c1-25-8-9-26-18(24)22-16-7-3-5-14(11-16)20-12-17(23)21-15-6-2-4-13(19)10-15/h2-7,10-11,20H,8-9,12H2,1H3,(H,21,23)(H,22,24). The molecule has 0 aromatic heterocycles. The number of methoxy groups -OCH3 is 1. The largest absolute Gasteiger partial charge is 0.447 e. The van der Waals surface area contributed by atoms with Crippen molar-refractivity contribution in [2.75, 3.05) is 42.8 Å². The second kappa shape index (κ2) is 10.00. The molecule has 2 amide bonds. The number of hydrogen-bond acceptors (Lipinski definition) is 5. The van der Waals surface area contributed by atoms with Crippen LogP contribution in [0, 0.1) is 5.82 Å². The van der Waals surface area contributed by atoms with Crippen LogP contribution in [0.25, 0.3) is 0 Å². The van der Waals surface area contributed by atoms with E-state index in [9.17, 15) is 14.0 Å². The van der Waals surface area contributed by atoms with Crippen molar-refractivity contribution < 1.29 is 23.5 Å². The first-order chi connectivity index (χ1) is 12.6. The van der Waals surface area contributed by atoms with Crippen molar-refractivity contribution in [1.29, 1.82) is 0 Å². The van der Waals surface area contributed by atoms with Crippen molar-refractivity contribution in [3.8, 4) is 0 Å². The highest BCUT2D eigenvalue weighted by molar-refractivity contribution is 5.94. The van der Waals surface area contributed by atoms with Crippen LogP contribution in [-0.4, -0.2) is 38.9 Å². The number of nitrogens with one attached hydrogen (secondary N) is 3. The minimum absolute atomic E-state index is 0.0156. The average molecular weight is 361 g/mol. The summed E-state index contributed by atoms with van der Waals surface area (Å²) in [5, 5.41) is 8.09. The van der Waals surface area contributed by atoms with Crippen LogP contribution < -0.4 is 16.0 Å². The van der Waals surface area contributed by atoms with Gasteiger partial charge in [-0.3, -0.25) is 10.1 Å². The van der Waals surface area contributed by atoms with Gasteiger partial charge in [-0.25, -0.2) is 9.18 Å². The van der Waals surface area contributed by atoms with E-state index in [1.807, 2.05) is 0 Å². The van der Waals surface area contributed by atoms with Crippen molar-refractivity contribution in [2.45, 2.75) is 0 Å². The van der Waals surface area contributed by atoms with Gasteiger partial charge in [0.15, 0.2) is 0 Å². The molecular formula is C18H20FN3O4. The summed E-state index contributed by atoms with van der Waals surface area (Å²) >= 11 is 0. The molecule has 0 heterocycles. The molecule has 0 aliphatic carbocycles. The monoisotopic (exact) mass is 361 g/mol. The highest BCUT2D eigenvalue weighted by atomic mass is 19.1. The minimum atomic E-state index is -0.594. The number of ether oxygens (including phenoxy) is 2. The van der Waals surface area contributed by atoms with E-state index in [2.05, 4.69) is 16.0 Å². The third-order valence-corrected chi connectivity index (χ3v) is 3.19. The Labute approximate surface area is 150 Å². The zero-order valence-electron chi connectivity index (χ0n) is 14.3. The number of amides is 2. The smallest absolute Gasteiger partial charge is 0.411 e. The average Bonchev–Trinajstić information content (AvgIpc) is 2.60. The van der Waals surface area contributed by atoms with Crippen LogP contribution >= 0.6 is 0 Å². The van der Waals surface area contributed by atoms with Gasteiger partial charge in [-0.15, -0.1) is 0 Å². The fourth-order valence-electron chi connectivity index (χ4n) is 2.03. The highest BCUT2D eigenvalue weighted by Crippen LogP contribution is 2.15. The lowest BCUT2D eigenvalue weighted by Crippen LogP contribution is -2.22. The zero-order chi connectivity index (χ0) is 18.8. The molecule has 0 bridgehead atoms. The van der Waals surface area contributed by atoms with Gasteiger partial charge < -0.3 is 20.1 Å². The van der Waals surface area contributed by atoms with Gasteiger partial charge in [-0.1, -0.05) is 12.1 Å². The Balaban J connectivity index is 1.82. The molecule has 138 valence electrons. The predicted octanol–water partition coefficient (Wildman–Crippen LogP) is 3.07. The molecule has 0 atom stereocenters. The van der Waals surface area contributed by atoms with Gasteiger partial charge in [0, 0.05) is 24.2 Å². The van der Waals surface area contributed by atoms with Gasteiger partial charge >= 0.3 is 6.09 Å². The van der Waals surface area contributed by atoms with Crippen molar-refractivity contribution >= 4 is 29.1 Å². The van der Waals surface area contributed by atoms with E-state index in [0.29, 0.717) is 23.7 Å². The molecular weight excluding hydrogens is 341 g/mol. The Morgan fingerprint density at radius 3 is 2.38 bits per heavy atom. The van der Waals surface area contributed by atoms with E-state index in [0.717, 1.165) is 0 Å². The van der Waals surface area contributed by atoms with Gasteiger partial charge in [-0.05, 0) is 36.4 Å². The first-order valence-corrected chi connectivity index (χ1v) is 7.89. The third-order valence-electron chi connectivity index (χ3n) is 3.19. The van der Waals surface area contributed by atoms with E-state index in [-0.39, 0.29) is 19.1 Å². The van der Waals surface area contributed by atoms with Gasteiger partial charge in [0.05, 0.1) is 13.2 Å². The molecule has 26 heavy (non-hydrogen) atoms. The maximum atomic E-state index is 13.1. The lowest BCUT2D eigenvalue weighted by Gasteiger charge is -2.10. The van der Waals surface area contributed by atoms with Crippen molar-refractivity contribution in [1.82, 2.24) is 0 Å². The number of hydrogen-bond donors (Lipinski definition) is 3. The van der Waals surface area contributed by atoms with Crippen LogP contribution in [0.1, 0.15) is 0 Å². The van der Waals surface area contributed by atoms with Gasteiger partial charge in [-0.2, -0.15) is 0 Å². The molecule has 2 aromatic rings. The van der Waals surface area contributed by atoms with Crippen LogP contribution in [0.3, 0.4) is 0 Å². The Bertz CT molecular complexity index is 755. The summed E-state index contributed by atoms with van der Waals surface area (Å²) in [5.74, 6) is -0.750. The maximum absolute atomic E-state index is 13.1. The van der Waals surface area contributed by atoms with Gasteiger partial charge in [0.2, 0.25) is 5.91 Å². The van der Waals surface area contributed by atoms with Crippen molar-refractivity contribution in [3.63, 3.8) is 0 Å². The Morgan fingerprint density at radius 1 is 0.962 bits per heavy atom. The molecule has 0 radical (unpaired) electrons. The molecule has 0 spiro atoms. The normalized spacial score (nSPS) is 10.1. The number of halogens is 1. The summed E-state index contributed by atoms with van der Waals surface area (Å²) in [6, 6.07) is 12.5. The summed E-state index contributed by atoms with van der Waals surface area (Å²) < 4.78 is 22.8. The minimum Gasteiger partial charge on any atom is -0.447 e. The molecule has 0 aliphatic rings.